The average molecular weight is 442 g/mol. The van der Waals surface area contributed by atoms with Crippen molar-refractivity contribution in [2.45, 2.75) is 38.6 Å². The second-order valence-corrected chi connectivity index (χ2v) is 8.84. The Morgan fingerprint density at radius 1 is 1.18 bits per heavy atom. The zero-order valence-corrected chi connectivity index (χ0v) is 19.9. The Morgan fingerprint density at radius 3 is 2.55 bits per heavy atom. The molecule has 3 aromatic rings. The van der Waals surface area contributed by atoms with E-state index in [1.165, 1.54) is 19.5 Å². The molecule has 2 aliphatic rings. The second-order valence-electron chi connectivity index (χ2n) is 8.84. The van der Waals surface area contributed by atoms with Crippen LogP contribution in [0.3, 0.4) is 0 Å². The van der Waals surface area contributed by atoms with Gasteiger partial charge in [0.15, 0.2) is 0 Å². The van der Waals surface area contributed by atoms with E-state index in [2.05, 4.69) is 46.2 Å². The first-order valence-corrected chi connectivity index (χ1v) is 11.4. The molecular weight excluding hydrogens is 410 g/mol. The summed E-state index contributed by atoms with van der Waals surface area (Å²) in [5.41, 5.74) is 4.09. The van der Waals surface area contributed by atoms with E-state index in [-0.39, 0.29) is 11.4 Å². The maximum Gasteiger partial charge on any atom is 0.252 e. The van der Waals surface area contributed by atoms with E-state index in [1.807, 2.05) is 38.1 Å². The van der Waals surface area contributed by atoms with Crippen molar-refractivity contribution in [3.63, 3.8) is 0 Å². The van der Waals surface area contributed by atoms with Crippen molar-refractivity contribution in [1.82, 2.24) is 15.2 Å². The van der Waals surface area contributed by atoms with Crippen LogP contribution in [0.5, 0.6) is 5.75 Å². The molecular formula is C28H31N3O2. The lowest BCUT2D eigenvalue weighted by Crippen LogP contribution is -2.35. The minimum atomic E-state index is -0.376. The van der Waals surface area contributed by atoms with Crippen LogP contribution in [0.1, 0.15) is 53.2 Å². The fourth-order valence-electron chi connectivity index (χ4n) is 4.11. The number of pyridine rings is 1. The number of carbonyl (C=O) groups excluding carboxylic acids is 1. The normalized spacial score (nSPS) is 15.9. The van der Waals surface area contributed by atoms with Gasteiger partial charge in [-0.3, -0.25) is 9.78 Å². The van der Waals surface area contributed by atoms with Crippen molar-refractivity contribution in [2.75, 3.05) is 27.2 Å². The number of ether oxygens (including phenoxy) is 1. The topological polar surface area (TPSA) is 54.5 Å². The maximum atomic E-state index is 13.1. The third kappa shape index (κ3) is 5.02. The van der Waals surface area contributed by atoms with Gasteiger partial charge < -0.3 is 15.0 Å². The van der Waals surface area contributed by atoms with E-state index < -0.39 is 0 Å². The highest BCUT2D eigenvalue weighted by atomic mass is 16.5. The summed E-state index contributed by atoms with van der Waals surface area (Å²) in [6, 6.07) is 13.6. The van der Waals surface area contributed by atoms with Crippen molar-refractivity contribution >= 4 is 16.8 Å². The minimum Gasteiger partial charge on any atom is -0.497 e. The first kappa shape index (κ1) is 22.8. The molecule has 0 spiro atoms. The number of aryl methyl sites for hydroxylation is 1. The molecule has 5 nitrogen and oxygen atoms in total. The number of nitrogens with zero attached hydrogens (tertiary/aromatic N) is 2. The molecule has 5 heteroatoms. The number of hydrogen-bond donors (Lipinski definition) is 1. The quantitative estimate of drug-likeness (QED) is 0.598. The van der Waals surface area contributed by atoms with Gasteiger partial charge in [0, 0.05) is 22.7 Å². The largest absolute Gasteiger partial charge is 0.497 e. The Morgan fingerprint density at radius 2 is 1.94 bits per heavy atom. The van der Waals surface area contributed by atoms with Gasteiger partial charge in [-0.2, -0.15) is 0 Å². The number of carbonyl (C=O) groups is 1. The fourth-order valence-corrected chi connectivity index (χ4v) is 4.11. The summed E-state index contributed by atoms with van der Waals surface area (Å²) in [6.45, 7) is 6.40. The van der Waals surface area contributed by atoms with Gasteiger partial charge in [-0.15, -0.1) is 5.92 Å². The molecule has 2 fully saturated rings. The Kier molecular flexibility index (Phi) is 6.67. The van der Waals surface area contributed by atoms with Crippen LogP contribution in [-0.4, -0.2) is 43.0 Å². The van der Waals surface area contributed by atoms with E-state index in [9.17, 15) is 4.79 Å². The minimum absolute atomic E-state index is 0.0853. The molecule has 0 bridgehead atoms. The molecule has 1 amide bonds. The highest BCUT2D eigenvalue weighted by Gasteiger charge is 2.47. The Labute approximate surface area is 196 Å². The van der Waals surface area contributed by atoms with E-state index in [1.54, 1.807) is 19.4 Å². The van der Waals surface area contributed by atoms with Crippen molar-refractivity contribution < 1.29 is 9.53 Å². The number of likely N-dealkylation sites (tertiary alicyclic amines) is 1. The Hall–Kier alpha value is -3.36. The van der Waals surface area contributed by atoms with Crippen molar-refractivity contribution in [2.24, 2.45) is 0 Å². The molecule has 2 aromatic carbocycles. The van der Waals surface area contributed by atoms with Gasteiger partial charge in [-0.05, 0) is 94.7 Å². The highest BCUT2D eigenvalue weighted by molar-refractivity contribution is 5.97. The summed E-state index contributed by atoms with van der Waals surface area (Å²) in [4.78, 5) is 19.9. The number of fused-ring (bicyclic) bond motifs is 1. The number of benzene rings is 2. The zero-order valence-electron chi connectivity index (χ0n) is 19.9. The maximum absolute atomic E-state index is 13.1. The zero-order chi connectivity index (χ0) is 23.4. The van der Waals surface area contributed by atoms with Crippen molar-refractivity contribution in [3.8, 4) is 17.6 Å². The van der Waals surface area contributed by atoms with Crippen LogP contribution in [0.25, 0.3) is 10.9 Å². The summed E-state index contributed by atoms with van der Waals surface area (Å²) in [5, 5.41) is 4.34. The lowest BCUT2D eigenvalue weighted by molar-refractivity contribution is 0.0930. The van der Waals surface area contributed by atoms with Gasteiger partial charge in [0.05, 0.1) is 18.2 Å². The van der Waals surface area contributed by atoms with Crippen LogP contribution < -0.4 is 10.1 Å². The summed E-state index contributed by atoms with van der Waals surface area (Å²) in [6.07, 6.45) is 4.99. The van der Waals surface area contributed by atoms with Gasteiger partial charge in [0.1, 0.15) is 5.75 Å². The molecule has 0 atom stereocenters. The molecule has 0 unspecified atom stereocenters. The SMILES string of the molecule is CC#Cc1cc(C2(NC(=O)c3cc(OC)ccc3C)CC2)c2cccnc2c1.CN1CCC1. The summed E-state index contributed by atoms with van der Waals surface area (Å²) in [5.74, 6) is 6.68. The number of amides is 1. The van der Waals surface area contributed by atoms with E-state index in [0.29, 0.717) is 11.3 Å². The standard InChI is InChI=1S/C24H22N2O2.C4H9N/c1-4-6-17-13-21(19-7-5-12-25-22(19)14-17)24(10-11-24)26-23(27)20-15-18(28-3)9-8-16(20)2;1-5-3-2-4-5/h5,7-9,12-15H,10-11H2,1-3H3,(H,26,27);2-4H2,1H3. The fraction of sp³-hybridized carbons (Fsp3) is 0.357. The van der Waals surface area contributed by atoms with Crippen LogP contribution in [0, 0.1) is 18.8 Å². The number of rotatable bonds is 4. The van der Waals surface area contributed by atoms with Gasteiger partial charge >= 0.3 is 0 Å². The molecule has 1 saturated heterocycles. The Bertz CT molecular complexity index is 1230. The molecule has 1 aliphatic heterocycles. The predicted octanol–water partition coefficient (Wildman–Crippen LogP) is 4.66. The predicted molar refractivity (Wildman–Crippen MR) is 133 cm³/mol. The molecule has 170 valence electrons. The molecule has 1 aliphatic carbocycles. The van der Waals surface area contributed by atoms with Crippen LogP contribution >= 0.6 is 0 Å². The first-order chi connectivity index (χ1) is 16.0. The first-order valence-electron chi connectivity index (χ1n) is 11.4. The molecule has 0 radical (unpaired) electrons. The molecule has 33 heavy (non-hydrogen) atoms. The Balaban J connectivity index is 0.000000459. The van der Waals surface area contributed by atoms with Crippen LogP contribution in [-0.2, 0) is 5.54 Å². The van der Waals surface area contributed by atoms with E-state index in [4.69, 9.17) is 4.74 Å². The van der Waals surface area contributed by atoms with E-state index >= 15 is 0 Å². The lowest BCUT2D eigenvalue weighted by atomic mass is 9.95. The van der Waals surface area contributed by atoms with E-state index in [0.717, 1.165) is 40.4 Å². The number of aromatic nitrogens is 1. The monoisotopic (exact) mass is 441 g/mol. The number of nitrogens with one attached hydrogen (secondary N) is 1. The summed E-state index contributed by atoms with van der Waals surface area (Å²) in [7, 11) is 3.75. The summed E-state index contributed by atoms with van der Waals surface area (Å²) < 4.78 is 5.29. The van der Waals surface area contributed by atoms with Crippen molar-refractivity contribution in [3.05, 3.63) is 70.9 Å². The molecule has 1 N–H and O–H groups in total. The van der Waals surface area contributed by atoms with Gasteiger partial charge in [-0.25, -0.2) is 0 Å². The number of methoxy groups -OCH3 is 1. The smallest absolute Gasteiger partial charge is 0.252 e. The second kappa shape index (κ2) is 9.64. The molecule has 5 rings (SSSR count). The highest BCUT2D eigenvalue weighted by Crippen LogP contribution is 2.48. The third-order valence-electron chi connectivity index (χ3n) is 6.38. The third-order valence-corrected chi connectivity index (χ3v) is 6.38. The van der Waals surface area contributed by atoms with Gasteiger partial charge in [-0.1, -0.05) is 18.1 Å². The van der Waals surface area contributed by atoms with Crippen LogP contribution in [0.4, 0.5) is 0 Å². The van der Waals surface area contributed by atoms with Crippen LogP contribution in [0.2, 0.25) is 0 Å². The van der Waals surface area contributed by atoms with Crippen LogP contribution in [0.15, 0.2) is 48.7 Å². The number of hydrogen-bond acceptors (Lipinski definition) is 4. The van der Waals surface area contributed by atoms with Gasteiger partial charge in [0.25, 0.3) is 5.91 Å². The van der Waals surface area contributed by atoms with Gasteiger partial charge in [0.2, 0.25) is 0 Å². The molecule has 1 saturated carbocycles. The lowest BCUT2D eigenvalue weighted by Gasteiger charge is -2.24. The summed E-state index contributed by atoms with van der Waals surface area (Å²) >= 11 is 0. The molecule has 2 heterocycles. The van der Waals surface area contributed by atoms with Crippen molar-refractivity contribution in [1.29, 1.82) is 0 Å². The molecule has 1 aromatic heterocycles. The average Bonchev–Trinajstić information content (AvgIpc) is 3.58.